The lowest BCUT2D eigenvalue weighted by atomic mass is 10.1. The van der Waals surface area contributed by atoms with Gasteiger partial charge in [-0.05, 0) is 18.2 Å². The van der Waals surface area contributed by atoms with E-state index in [1.165, 1.54) is 7.11 Å². The van der Waals surface area contributed by atoms with Gasteiger partial charge >= 0.3 is 6.18 Å². The Morgan fingerprint density at radius 2 is 2.00 bits per heavy atom. The highest BCUT2D eigenvalue weighted by Crippen LogP contribution is 2.32. The Labute approximate surface area is 117 Å². The fourth-order valence-electron chi connectivity index (χ4n) is 1.94. The van der Waals surface area contributed by atoms with Crippen LogP contribution in [-0.2, 0) is 6.18 Å². The minimum absolute atomic E-state index is 0.109. The molecule has 0 saturated heterocycles. The summed E-state index contributed by atoms with van der Waals surface area (Å²) in [6.07, 6.45) is -3.52. The van der Waals surface area contributed by atoms with Crippen LogP contribution in [0.3, 0.4) is 0 Å². The molecule has 0 unspecified atom stereocenters. The first kappa shape index (κ1) is 13.3. The van der Waals surface area contributed by atoms with Gasteiger partial charge in [0.1, 0.15) is 12.1 Å². The van der Waals surface area contributed by atoms with E-state index in [9.17, 15) is 13.2 Å². The van der Waals surface area contributed by atoms with Crippen LogP contribution in [0, 0.1) is 0 Å². The zero-order valence-electron chi connectivity index (χ0n) is 10.8. The second kappa shape index (κ2) is 4.72. The van der Waals surface area contributed by atoms with Crippen molar-refractivity contribution in [2.45, 2.75) is 6.18 Å². The van der Waals surface area contributed by atoms with E-state index in [1.807, 2.05) is 0 Å². The van der Waals surface area contributed by atoms with Crippen LogP contribution in [0.5, 0.6) is 5.75 Å². The zero-order valence-corrected chi connectivity index (χ0v) is 10.8. The minimum Gasteiger partial charge on any atom is -0.497 e. The van der Waals surface area contributed by atoms with E-state index < -0.39 is 11.9 Å². The van der Waals surface area contributed by atoms with Crippen molar-refractivity contribution in [2.24, 2.45) is 0 Å². The normalized spacial score (nSPS) is 11.8. The molecule has 2 aromatic heterocycles. The third-order valence-corrected chi connectivity index (χ3v) is 2.91. The van der Waals surface area contributed by atoms with E-state index in [2.05, 4.69) is 15.1 Å². The molecule has 0 fully saturated rings. The number of hydrogen-bond acceptors (Lipinski definition) is 4. The molecule has 1 aromatic carbocycles. The molecule has 8 heteroatoms. The highest BCUT2D eigenvalue weighted by atomic mass is 19.4. The maximum absolute atomic E-state index is 13.1. The second-order valence-electron chi connectivity index (χ2n) is 4.23. The molecule has 2 heterocycles. The van der Waals surface area contributed by atoms with Crippen LogP contribution in [0.4, 0.5) is 13.2 Å². The van der Waals surface area contributed by atoms with Crippen LogP contribution in [0.1, 0.15) is 5.69 Å². The molecule has 0 aliphatic rings. The Morgan fingerprint density at radius 1 is 1.19 bits per heavy atom. The summed E-state index contributed by atoms with van der Waals surface area (Å²) in [5, 5.41) is 3.55. The largest absolute Gasteiger partial charge is 0.497 e. The van der Waals surface area contributed by atoms with Crippen molar-refractivity contribution < 1.29 is 17.9 Å². The van der Waals surface area contributed by atoms with Gasteiger partial charge in [-0.3, -0.25) is 0 Å². The van der Waals surface area contributed by atoms with Gasteiger partial charge in [-0.15, -0.1) is 0 Å². The molecule has 0 radical (unpaired) electrons. The lowest BCUT2D eigenvalue weighted by Crippen LogP contribution is -2.13. The van der Waals surface area contributed by atoms with Gasteiger partial charge in [0.05, 0.1) is 12.8 Å². The van der Waals surface area contributed by atoms with Gasteiger partial charge in [0.2, 0.25) is 0 Å². The van der Waals surface area contributed by atoms with E-state index >= 15 is 0 Å². The standard InChI is InChI=1S/C13H9F3N4O/c1-21-9-4-2-3-8(5-9)10-6-11(13(14,15)16)20-12(19-10)17-7-18-20/h2-7H,1H3. The quantitative estimate of drug-likeness (QED) is 0.729. The zero-order chi connectivity index (χ0) is 15.0. The van der Waals surface area contributed by atoms with Crippen LogP contribution in [0.25, 0.3) is 17.0 Å². The third kappa shape index (κ3) is 2.39. The van der Waals surface area contributed by atoms with Gasteiger partial charge in [0, 0.05) is 5.56 Å². The summed E-state index contributed by atoms with van der Waals surface area (Å²) in [6.45, 7) is 0. The first-order valence-corrected chi connectivity index (χ1v) is 5.91. The van der Waals surface area contributed by atoms with Crippen molar-refractivity contribution in [1.82, 2.24) is 19.6 Å². The average Bonchev–Trinajstić information content (AvgIpc) is 2.93. The van der Waals surface area contributed by atoms with Gasteiger partial charge in [-0.25, -0.2) is 4.98 Å². The van der Waals surface area contributed by atoms with E-state index in [0.29, 0.717) is 15.8 Å². The number of rotatable bonds is 2. The molecule has 0 bridgehead atoms. The molecule has 5 nitrogen and oxygen atoms in total. The van der Waals surface area contributed by atoms with Crippen molar-refractivity contribution in [3.05, 3.63) is 42.4 Å². The smallest absolute Gasteiger partial charge is 0.433 e. The molecule has 21 heavy (non-hydrogen) atoms. The number of halogens is 3. The predicted molar refractivity (Wildman–Crippen MR) is 67.8 cm³/mol. The van der Waals surface area contributed by atoms with E-state index in [-0.39, 0.29) is 11.5 Å². The van der Waals surface area contributed by atoms with Crippen molar-refractivity contribution in [3.8, 4) is 17.0 Å². The van der Waals surface area contributed by atoms with Gasteiger partial charge in [-0.2, -0.15) is 27.8 Å². The molecule has 0 saturated carbocycles. The number of nitrogens with zero attached hydrogens (tertiary/aromatic N) is 4. The van der Waals surface area contributed by atoms with E-state index in [0.717, 1.165) is 12.4 Å². The lowest BCUT2D eigenvalue weighted by Gasteiger charge is -2.10. The number of benzene rings is 1. The van der Waals surface area contributed by atoms with Gasteiger partial charge in [-0.1, -0.05) is 12.1 Å². The van der Waals surface area contributed by atoms with Crippen molar-refractivity contribution in [2.75, 3.05) is 7.11 Å². The third-order valence-electron chi connectivity index (χ3n) is 2.91. The van der Waals surface area contributed by atoms with Crippen LogP contribution in [0.2, 0.25) is 0 Å². The van der Waals surface area contributed by atoms with E-state index in [1.54, 1.807) is 24.3 Å². The maximum Gasteiger partial charge on any atom is 0.433 e. The molecule has 0 amide bonds. The Hall–Kier alpha value is -2.64. The van der Waals surface area contributed by atoms with Crippen LogP contribution in [0.15, 0.2) is 36.7 Å². The molecule has 0 aliphatic heterocycles. The number of alkyl halides is 3. The Morgan fingerprint density at radius 3 is 2.71 bits per heavy atom. The number of ether oxygens (including phenoxy) is 1. The predicted octanol–water partition coefficient (Wildman–Crippen LogP) is 2.82. The molecule has 0 spiro atoms. The Balaban J connectivity index is 2.23. The number of methoxy groups -OCH3 is 1. The summed E-state index contributed by atoms with van der Waals surface area (Å²) in [5.41, 5.74) is -0.269. The molecule has 0 aliphatic carbocycles. The average molecular weight is 294 g/mol. The van der Waals surface area contributed by atoms with Gasteiger partial charge in [0.15, 0.2) is 5.69 Å². The molecule has 3 aromatic rings. The molecular formula is C13H9F3N4O. The molecule has 3 rings (SSSR count). The summed E-state index contributed by atoms with van der Waals surface area (Å²) >= 11 is 0. The second-order valence-corrected chi connectivity index (χ2v) is 4.23. The van der Waals surface area contributed by atoms with Crippen molar-refractivity contribution >= 4 is 5.78 Å². The van der Waals surface area contributed by atoms with Crippen LogP contribution in [-0.4, -0.2) is 26.7 Å². The minimum atomic E-state index is -4.55. The summed E-state index contributed by atoms with van der Waals surface area (Å²) in [4.78, 5) is 7.82. The molecular weight excluding hydrogens is 285 g/mol. The monoisotopic (exact) mass is 294 g/mol. The highest BCUT2D eigenvalue weighted by molar-refractivity contribution is 5.63. The van der Waals surface area contributed by atoms with Crippen molar-refractivity contribution in [3.63, 3.8) is 0 Å². The number of aromatic nitrogens is 4. The summed E-state index contributed by atoms with van der Waals surface area (Å²) in [5.74, 6) is 0.423. The first-order valence-electron chi connectivity index (χ1n) is 5.91. The van der Waals surface area contributed by atoms with Gasteiger partial charge in [0.25, 0.3) is 5.78 Å². The SMILES string of the molecule is COc1cccc(-c2cc(C(F)(F)F)n3ncnc3n2)c1. The first-order chi connectivity index (χ1) is 9.99. The number of fused-ring (bicyclic) bond motifs is 1. The van der Waals surface area contributed by atoms with Crippen LogP contribution < -0.4 is 4.74 Å². The summed E-state index contributed by atoms with van der Waals surface area (Å²) in [7, 11) is 1.48. The molecule has 108 valence electrons. The fraction of sp³-hybridized carbons (Fsp3) is 0.154. The van der Waals surface area contributed by atoms with E-state index in [4.69, 9.17) is 4.74 Å². The lowest BCUT2D eigenvalue weighted by molar-refractivity contribution is -0.142. The van der Waals surface area contributed by atoms with Crippen LogP contribution >= 0.6 is 0 Å². The highest BCUT2D eigenvalue weighted by Gasteiger charge is 2.35. The van der Waals surface area contributed by atoms with Gasteiger partial charge < -0.3 is 4.74 Å². The fourth-order valence-corrected chi connectivity index (χ4v) is 1.94. The maximum atomic E-state index is 13.1. The summed E-state index contributed by atoms with van der Waals surface area (Å²) in [6, 6.07) is 7.57. The molecule has 0 N–H and O–H groups in total. The topological polar surface area (TPSA) is 52.3 Å². The summed E-state index contributed by atoms with van der Waals surface area (Å²) < 4.78 is 45.0. The Kier molecular flexibility index (Phi) is 3.00. The number of hydrogen-bond donors (Lipinski definition) is 0. The molecule has 0 atom stereocenters. The Bertz CT molecular complexity index is 797. The van der Waals surface area contributed by atoms with Crippen molar-refractivity contribution in [1.29, 1.82) is 0 Å².